The molecule has 0 N–H and O–H groups in total. The van der Waals surface area contributed by atoms with Gasteiger partial charge in [0.05, 0.1) is 0 Å². The van der Waals surface area contributed by atoms with Crippen LogP contribution in [0.15, 0.2) is 60.7 Å². The van der Waals surface area contributed by atoms with E-state index >= 15 is 0 Å². The zero-order chi connectivity index (χ0) is 29.5. The molecule has 0 aliphatic heterocycles. The fourth-order valence-electron chi connectivity index (χ4n) is 8.46. The maximum atomic E-state index is 4.93. The molecular weight excluding hydrogens is 619 g/mol. The van der Waals surface area contributed by atoms with Crippen LogP contribution in [0.1, 0.15) is 114 Å². The van der Waals surface area contributed by atoms with Gasteiger partial charge in [0, 0.05) is 0 Å². The van der Waals surface area contributed by atoms with E-state index < -0.39 is 20.8 Å². The molecule has 6 rings (SSSR count). The van der Waals surface area contributed by atoms with Crippen molar-refractivity contribution in [3.8, 4) is 0 Å². The Hall–Kier alpha value is -0.617. The Kier molecular flexibility index (Phi) is 12.9. The molecule has 2 fully saturated rings. The van der Waals surface area contributed by atoms with E-state index in [-0.39, 0.29) is 0 Å². The molecular formula is C38H50Cl2Zr. The average Bonchev–Trinajstić information content (AvgIpc) is 3.58. The van der Waals surface area contributed by atoms with Crippen molar-refractivity contribution in [1.29, 1.82) is 0 Å². The predicted molar refractivity (Wildman–Crippen MR) is 174 cm³/mol. The van der Waals surface area contributed by atoms with Crippen molar-refractivity contribution in [1.82, 2.24) is 0 Å². The Morgan fingerprint density at radius 1 is 0.634 bits per heavy atom. The topological polar surface area (TPSA) is 0 Å². The molecule has 0 saturated heterocycles. The van der Waals surface area contributed by atoms with Crippen LogP contribution in [0.5, 0.6) is 0 Å². The zero-order valence-electron chi connectivity index (χ0n) is 26.0. The molecule has 220 valence electrons. The van der Waals surface area contributed by atoms with Gasteiger partial charge in [-0.1, -0.05) is 78.4 Å². The molecule has 0 heterocycles. The van der Waals surface area contributed by atoms with Crippen LogP contribution < -0.4 is 0 Å². The minimum absolute atomic E-state index is 0.617. The summed E-state index contributed by atoms with van der Waals surface area (Å²) in [7, 11) is 9.87. The quantitative estimate of drug-likeness (QED) is 0.285. The second kappa shape index (κ2) is 15.9. The van der Waals surface area contributed by atoms with Crippen molar-refractivity contribution in [2.45, 2.75) is 91.9 Å². The second-order valence-corrected chi connectivity index (χ2v) is 17.6. The second-order valence-electron chi connectivity index (χ2n) is 13.9. The van der Waals surface area contributed by atoms with Crippen LogP contribution in [0.2, 0.25) is 0 Å². The Bertz CT molecular complexity index is 1060. The van der Waals surface area contributed by atoms with Crippen LogP contribution in [0.4, 0.5) is 0 Å². The van der Waals surface area contributed by atoms with Gasteiger partial charge in [-0.2, -0.15) is 35.4 Å². The number of hydrogen-bond donors (Lipinski definition) is 0. The predicted octanol–water partition coefficient (Wildman–Crippen LogP) is 11.8. The van der Waals surface area contributed by atoms with Gasteiger partial charge >= 0.3 is 37.9 Å². The van der Waals surface area contributed by atoms with E-state index in [0.717, 1.165) is 47.3 Å². The SMILES string of the molecule is CC(C)[C@H]1CC[C@@H](C)C[C@@H]1C1C=[C-]c2ccccc21.CC(C)[C@H]1CC[C@@H](C)C[C@H]1[C@@H]1C=[C-]c2ccccc21.[Cl][Zr+2][Cl]. The summed E-state index contributed by atoms with van der Waals surface area (Å²) in [6.07, 6.45) is 20.1. The number of allylic oxidation sites excluding steroid dienone is 2. The first-order chi connectivity index (χ1) is 19.7. The minimum atomic E-state index is -0.826. The van der Waals surface area contributed by atoms with E-state index in [1.165, 1.54) is 60.8 Å². The summed E-state index contributed by atoms with van der Waals surface area (Å²) in [5, 5.41) is 0. The number of rotatable bonds is 4. The monoisotopic (exact) mass is 666 g/mol. The van der Waals surface area contributed by atoms with Crippen molar-refractivity contribution in [2.75, 3.05) is 0 Å². The van der Waals surface area contributed by atoms with E-state index in [0.29, 0.717) is 11.8 Å². The van der Waals surface area contributed by atoms with Crippen LogP contribution in [0.3, 0.4) is 0 Å². The fraction of sp³-hybridized carbons (Fsp3) is 0.579. The molecule has 2 saturated carbocycles. The summed E-state index contributed by atoms with van der Waals surface area (Å²) in [5.41, 5.74) is 5.70. The van der Waals surface area contributed by atoms with E-state index in [9.17, 15) is 0 Å². The molecule has 0 spiro atoms. The van der Waals surface area contributed by atoms with Crippen LogP contribution >= 0.6 is 17.0 Å². The summed E-state index contributed by atoms with van der Waals surface area (Å²) in [5.74, 6) is 8.02. The fourth-order valence-corrected chi connectivity index (χ4v) is 8.46. The molecule has 41 heavy (non-hydrogen) atoms. The van der Waals surface area contributed by atoms with Gasteiger partial charge in [0.25, 0.3) is 0 Å². The first-order valence-electron chi connectivity index (χ1n) is 16.1. The molecule has 4 aliphatic carbocycles. The van der Waals surface area contributed by atoms with Crippen LogP contribution in [-0.2, 0) is 20.8 Å². The molecule has 0 radical (unpaired) electrons. The Morgan fingerprint density at radius 3 is 1.37 bits per heavy atom. The third-order valence-electron chi connectivity index (χ3n) is 10.5. The summed E-state index contributed by atoms with van der Waals surface area (Å²) in [6.45, 7) is 14.5. The van der Waals surface area contributed by atoms with Crippen LogP contribution in [-0.4, -0.2) is 0 Å². The van der Waals surface area contributed by atoms with Crippen molar-refractivity contribution >= 4 is 17.0 Å². The Balaban J connectivity index is 0.000000173. The third kappa shape index (κ3) is 8.31. The van der Waals surface area contributed by atoms with Crippen LogP contribution in [0.25, 0.3) is 0 Å². The van der Waals surface area contributed by atoms with Gasteiger partial charge in [0.15, 0.2) is 0 Å². The van der Waals surface area contributed by atoms with E-state index in [1.54, 1.807) is 0 Å². The summed E-state index contributed by atoms with van der Waals surface area (Å²) < 4.78 is 0. The molecule has 1 unspecified atom stereocenters. The molecule has 0 nitrogen and oxygen atoms in total. The van der Waals surface area contributed by atoms with E-state index in [2.05, 4.69) is 114 Å². The van der Waals surface area contributed by atoms with E-state index in [4.69, 9.17) is 17.0 Å². The van der Waals surface area contributed by atoms with Gasteiger partial charge in [-0.3, -0.25) is 0 Å². The summed E-state index contributed by atoms with van der Waals surface area (Å²) >= 11 is -0.826. The standard InChI is InChI=1S/2C19H25.2ClH.Zr/c2*1-13(2)16-10-8-14(3)12-19(16)18-11-9-15-6-4-5-7-17(15)18;;;/h2*4-7,11,13-14,16,18-19H,8,10,12H2,1-3H3;2*1H;/q2*-1;;;+4/p-2/t14-,16-,18?,19+;14-,16-,18-,19-;;;/m11.../s1. The van der Waals surface area contributed by atoms with Gasteiger partial charge in [-0.15, -0.1) is 47.5 Å². The summed E-state index contributed by atoms with van der Waals surface area (Å²) in [6, 6.07) is 17.7. The summed E-state index contributed by atoms with van der Waals surface area (Å²) in [4.78, 5) is 0. The maximum absolute atomic E-state index is 4.93. The number of fused-ring (bicyclic) bond motifs is 2. The first kappa shape index (κ1) is 33.3. The van der Waals surface area contributed by atoms with Gasteiger partial charge in [0.1, 0.15) is 0 Å². The Labute approximate surface area is 270 Å². The molecule has 0 bridgehead atoms. The molecule has 8 atom stereocenters. The number of benzene rings is 2. The van der Waals surface area contributed by atoms with Gasteiger partial charge < -0.3 is 0 Å². The van der Waals surface area contributed by atoms with Gasteiger partial charge in [-0.25, -0.2) is 0 Å². The van der Waals surface area contributed by atoms with Crippen molar-refractivity contribution in [3.63, 3.8) is 0 Å². The van der Waals surface area contributed by atoms with Gasteiger partial charge in [0.2, 0.25) is 0 Å². The molecule has 4 aliphatic rings. The third-order valence-corrected chi connectivity index (χ3v) is 10.5. The molecule has 0 aromatic heterocycles. The first-order valence-corrected chi connectivity index (χ1v) is 22.4. The average molecular weight is 669 g/mol. The molecule has 2 aromatic rings. The number of halogens is 2. The van der Waals surface area contributed by atoms with Crippen LogP contribution in [0, 0.1) is 59.5 Å². The van der Waals surface area contributed by atoms with Crippen molar-refractivity contribution < 1.29 is 20.8 Å². The normalized spacial score (nSPS) is 31.5. The molecule has 0 amide bonds. The van der Waals surface area contributed by atoms with Gasteiger partial charge in [-0.05, 0) is 73.0 Å². The number of hydrogen-bond acceptors (Lipinski definition) is 0. The molecule has 2 aromatic carbocycles. The zero-order valence-corrected chi connectivity index (χ0v) is 30.0. The Morgan fingerprint density at radius 2 is 1.00 bits per heavy atom. The van der Waals surface area contributed by atoms with Crippen molar-refractivity contribution in [3.05, 3.63) is 95.1 Å². The van der Waals surface area contributed by atoms with E-state index in [1.807, 2.05) is 0 Å². The van der Waals surface area contributed by atoms with Crippen molar-refractivity contribution in [2.24, 2.45) is 47.3 Å². The molecule has 3 heteroatoms.